The van der Waals surface area contributed by atoms with Crippen LogP contribution < -0.4 is 5.32 Å². The van der Waals surface area contributed by atoms with Gasteiger partial charge in [-0.1, -0.05) is 37.3 Å². The van der Waals surface area contributed by atoms with Crippen molar-refractivity contribution in [2.75, 3.05) is 0 Å². The molecule has 1 aliphatic heterocycles. The van der Waals surface area contributed by atoms with Crippen LogP contribution in [-0.4, -0.2) is 16.1 Å². The van der Waals surface area contributed by atoms with Crippen molar-refractivity contribution in [2.24, 2.45) is 0 Å². The predicted octanol–water partition coefficient (Wildman–Crippen LogP) is 4.50. The third kappa shape index (κ3) is 3.85. The molecule has 3 aromatic rings. The molecule has 2 aromatic heterocycles. The molecule has 1 saturated heterocycles. The molecule has 5 nitrogen and oxygen atoms in total. The minimum Gasteiger partial charge on any atom is -0.455 e. The lowest BCUT2D eigenvalue weighted by Crippen LogP contribution is -2.17. The van der Waals surface area contributed by atoms with Crippen LogP contribution in [0.1, 0.15) is 35.8 Å². The lowest BCUT2D eigenvalue weighted by atomic mass is 10.1. The minimum absolute atomic E-state index is 0.303. The molecule has 6 heteroatoms. The highest BCUT2D eigenvalue weighted by Gasteiger charge is 2.25. The Morgan fingerprint density at radius 2 is 2.00 bits per heavy atom. The fourth-order valence-electron chi connectivity index (χ4n) is 2.88. The predicted molar refractivity (Wildman–Crippen MR) is 110 cm³/mol. The molecule has 1 N–H and O–H groups in total. The Morgan fingerprint density at radius 1 is 1.18 bits per heavy atom. The first-order valence-corrected chi connectivity index (χ1v) is 9.67. The number of carbonyl (C=O) groups is 2. The first kappa shape index (κ1) is 18.1. The number of aryl methyl sites for hydroxylation is 1. The molecule has 0 saturated carbocycles. The van der Waals surface area contributed by atoms with Gasteiger partial charge in [0, 0.05) is 29.4 Å². The van der Waals surface area contributed by atoms with Crippen LogP contribution in [0.15, 0.2) is 52.0 Å². The molecule has 0 spiro atoms. The zero-order valence-electron chi connectivity index (χ0n) is 15.1. The number of furan rings is 1. The first-order valence-electron chi connectivity index (χ1n) is 8.86. The van der Waals surface area contributed by atoms with Gasteiger partial charge in [0.25, 0.3) is 11.1 Å². The molecule has 0 unspecified atom stereocenters. The van der Waals surface area contributed by atoms with E-state index in [1.54, 1.807) is 24.5 Å². The highest BCUT2D eigenvalue weighted by molar-refractivity contribution is 8.18. The third-order valence-corrected chi connectivity index (χ3v) is 5.00. The summed E-state index contributed by atoms with van der Waals surface area (Å²) in [6, 6.07) is 9.98. The Morgan fingerprint density at radius 3 is 2.71 bits per heavy atom. The van der Waals surface area contributed by atoms with E-state index in [1.807, 2.05) is 12.1 Å². The smallest absolute Gasteiger partial charge is 0.290 e. The number of nitrogens with one attached hydrogen (secondary N) is 1. The molecule has 28 heavy (non-hydrogen) atoms. The number of imide groups is 1. The largest absolute Gasteiger partial charge is 0.455 e. The zero-order chi connectivity index (χ0) is 19.5. The maximum atomic E-state index is 11.7. The molecule has 1 aromatic carbocycles. The number of rotatable bonds is 3. The summed E-state index contributed by atoms with van der Waals surface area (Å²) in [6.07, 6.45) is 7.06. The topological polar surface area (TPSA) is 72.2 Å². The van der Waals surface area contributed by atoms with Gasteiger partial charge in [0.15, 0.2) is 5.58 Å². The molecule has 0 radical (unpaired) electrons. The van der Waals surface area contributed by atoms with Crippen molar-refractivity contribution in [3.05, 3.63) is 70.1 Å². The summed E-state index contributed by atoms with van der Waals surface area (Å²) in [4.78, 5) is 27.5. The van der Waals surface area contributed by atoms with Crippen LogP contribution in [0.3, 0.4) is 0 Å². The van der Waals surface area contributed by atoms with Crippen LogP contribution in [0.5, 0.6) is 0 Å². The molecule has 3 heterocycles. The van der Waals surface area contributed by atoms with Crippen LogP contribution in [-0.2, 0) is 11.2 Å². The Hall–Kier alpha value is -3.30. The van der Waals surface area contributed by atoms with Crippen molar-refractivity contribution in [1.82, 2.24) is 10.3 Å². The fraction of sp³-hybridized carbons (Fsp3) is 0.136. The van der Waals surface area contributed by atoms with E-state index in [-0.39, 0.29) is 5.24 Å². The molecule has 2 amide bonds. The van der Waals surface area contributed by atoms with Crippen molar-refractivity contribution >= 4 is 40.0 Å². The maximum absolute atomic E-state index is 11.7. The van der Waals surface area contributed by atoms with Crippen molar-refractivity contribution < 1.29 is 14.0 Å². The van der Waals surface area contributed by atoms with E-state index >= 15 is 0 Å². The molecular formula is C22H16N2O3S. The first-order chi connectivity index (χ1) is 13.6. The van der Waals surface area contributed by atoms with Gasteiger partial charge in [0.2, 0.25) is 0 Å². The maximum Gasteiger partial charge on any atom is 0.290 e. The summed E-state index contributed by atoms with van der Waals surface area (Å²) in [5.41, 5.74) is 3.49. The number of benzene rings is 1. The van der Waals surface area contributed by atoms with E-state index in [0.717, 1.165) is 35.6 Å². The van der Waals surface area contributed by atoms with Crippen LogP contribution >= 0.6 is 11.8 Å². The van der Waals surface area contributed by atoms with E-state index < -0.39 is 5.91 Å². The lowest BCUT2D eigenvalue weighted by Gasteiger charge is -1.97. The van der Waals surface area contributed by atoms with Crippen LogP contribution in [0.2, 0.25) is 0 Å². The van der Waals surface area contributed by atoms with Gasteiger partial charge >= 0.3 is 0 Å². The molecule has 0 bridgehead atoms. The standard InChI is InChI=1S/C22H16N2O3S/c1-2-3-14-4-6-15(7-5-14)8-9-16-12-23-13-17-10-18(27-20(16)17)11-19-21(25)24-22(26)28-19/h4-7,10-13H,2-3H2,1H3,(H,24,25,26)/b19-11+. The average molecular weight is 388 g/mol. The zero-order valence-corrected chi connectivity index (χ0v) is 15.9. The van der Waals surface area contributed by atoms with Crippen molar-refractivity contribution in [2.45, 2.75) is 19.8 Å². The third-order valence-electron chi connectivity index (χ3n) is 4.19. The average Bonchev–Trinajstić information content (AvgIpc) is 3.24. The van der Waals surface area contributed by atoms with Crippen molar-refractivity contribution in [3.63, 3.8) is 0 Å². The lowest BCUT2D eigenvalue weighted by molar-refractivity contribution is -0.115. The van der Waals surface area contributed by atoms with Crippen LogP contribution in [0.25, 0.3) is 17.0 Å². The van der Waals surface area contributed by atoms with E-state index in [2.05, 4.69) is 41.2 Å². The quantitative estimate of drug-likeness (QED) is 0.528. The number of nitrogens with zero attached hydrogens (tertiary/aromatic N) is 1. The summed E-state index contributed by atoms with van der Waals surface area (Å²) >= 11 is 0.853. The van der Waals surface area contributed by atoms with Gasteiger partial charge in [-0.05, 0) is 41.9 Å². The van der Waals surface area contributed by atoms with E-state index in [0.29, 0.717) is 21.8 Å². The second kappa shape index (κ2) is 7.75. The second-order valence-corrected chi connectivity index (χ2v) is 7.32. The van der Waals surface area contributed by atoms with E-state index in [9.17, 15) is 9.59 Å². The van der Waals surface area contributed by atoms with Gasteiger partial charge in [-0.2, -0.15) is 0 Å². The van der Waals surface area contributed by atoms with Gasteiger partial charge in [-0.15, -0.1) is 0 Å². The normalized spacial score (nSPS) is 15.0. The Labute approximate surface area is 166 Å². The summed E-state index contributed by atoms with van der Waals surface area (Å²) in [6.45, 7) is 2.16. The molecule has 138 valence electrons. The molecule has 4 rings (SSSR count). The number of thioether (sulfide) groups is 1. The number of pyridine rings is 1. The second-order valence-electron chi connectivity index (χ2n) is 6.30. The Bertz CT molecular complexity index is 1160. The summed E-state index contributed by atoms with van der Waals surface area (Å²) in [7, 11) is 0. The van der Waals surface area contributed by atoms with E-state index in [1.165, 1.54) is 5.56 Å². The summed E-state index contributed by atoms with van der Waals surface area (Å²) in [5.74, 6) is 6.31. The van der Waals surface area contributed by atoms with Gasteiger partial charge in [-0.25, -0.2) is 0 Å². The van der Waals surface area contributed by atoms with Gasteiger partial charge in [0.1, 0.15) is 5.76 Å². The van der Waals surface area contributed by atoms with Crippen molar-refractivity contribution in [1.29, 1.82) is 0 Å². The molecule has 1 fully saturated rings. The molecule has 0 atom stereocenters. The van der Waals surface area contributed by atoms with Gasteiger partial charge < -0.3 is 4.42 Å². The Balaban J connectivity index is 1.64. The number of amides is 2. The van der Waals surface area contributed by atoms with Crippen LogP contribution in [0.4, 0.5) is 4.79 Å². The van der Waals surface area contributed by atoms with Gasteiger partial charge in [-0.3, -0.25) is 19.9 Å². The minimum atomic E-state index is -0.417. The van der Waals surface area contributed by atoms with Crippen molar-refractivity contribution in [3.8, 4) is 11.8 Å². The highest BCUT2D eigenvalue weighted by atomic mass is 32.2. The van der Waals surface area contributed by atoms with Gasteiger partial charge in [0.05, 0.1) is 10.5 Å². The monoisotopic (exact) mass is 388 g/mol. The molecule has 1 aliphatic rings. The number of carbonyl (C=O) groups excluding carboxylic acids is 2. The highest BCUT2D eigenvalue weighted by Crippen LogP contribution is 2.28. The van der Waals surface area contributed by atoms with Crippen LogP contribution in [0, 0.1) is 11.8 Å². The molecule has 0 aliphatic carbocycles. The fourth-order valence-corrected chi connectivity index (χ4v) is 3.54. The number of fused-ring (bicyclic) bond motifs is 1. The molecular weight excluding hydrogens is 372 g/mol. The number of hydrogen-bond donors (Lipinski definition) is 1. The SMILES string of the molecule is CCCc1ccc(C#Cc2cncc3cc(/C=C4/SC(=O)NC4=O)oc23)cc1. The number of hydrogen-bond acceptors (Lipinski definition) is 5. The summed E-state index contributed by atoms with van der Waals surface area (Å²) in [5, 5.41) is 2.62. The van der Waals surface area contributed by atoms with E-state index in [4.69, 9.17) is 4.42 Å². The summed E-state index contributed by atoms with van der Waals surface area (Å²) < 4.78 is 5.86. The Kier molecular flexibility index (Phi) is 5.00. The number of aromatic nitrogens is 1.